The fourth-order valence-electron chi connectivity index (χ4n) is 2.77. The van der Waals surface area contributed by atoms with Crippen LogP contribution in [0, 0.1) is 10.1 Å². The third kappa shape index (κ3) is 2.45. The molecule has 1 aromatic heterocycles. The number of hydrogen-bond acceptors (Lipinski definition) is 4. The van der Waals surface area contributed by atoms with E-state index in [2.05, 4.69) is 4.98 Å². The van der Waals surface area contributed by atoms with Crippen molar-refractivity contribution in [3.63, 3.8) is 0 Å². The van der Waals surface area contributed by atoms with Gasteiger partial charge in [0.05, 0.1) is 16.0 Å². The number of amides is 1. The first-order chi connectivity index (χ1) is 10.6. The highest BCUT2D eigenvalue weighted by Crippen LogP contribution is 2.24. The summed E-state index contributed by atoms with van der Waals surface area (Å²) >= 11 is 0. The van der Waals surface area contributed by atoms with Crippen molar-refractivity contribution in [2.24, 2.45) is 0 Å². The van der Waals surface area contributed by atoms with Crippen molar-refractivity contribution >= 4 is 28.3 Å². The molecular formula is C15H15N3O4. The van der Waals surface area contributed by atoms with Gasteiger partial charge in [-0.3, -0.25) is 19.7 Å². The van der Waals surface area contributed by atoms with Crippen LogP contribution in [0.1, 0.15) is 29.6 Å². The Morgan fingerprint density at radius 1 is 1.18 bits per heavy atom. The summed E-state index contributed by atoms with van der Waals surface area (Å²) in [6, 6.07) is 4.19. The van der Waals surface area contributed by atoms with Gasteiger partial charge < -0.3 is 9.88 Å². The Morgan fingerprint density at radius 3 is 2.59 bits per heavy atom. The fraction of sp³-hybridized carbons (Fsp3) is 0.333. The van der Waals surface area contributed by atoms with Crippen molar-refractivity contribution in [1.29, 1.82) is 0 Å². The molecule has 0 saturated carbocycles. The Balaban J connectivity index is 1.90. The maximum absolute atomic E-state index is 12.4. The first-order valence-corrected chi connectivity index (χ1v) is 7.17. The number of carbonyl (C=O) groups excluding carboxylic acids is 2. The van der Waals surface area contributed by atoms with Gasteiger partial charge in [-0.1, -0.05) is 0 Å². The number of nitrogens with one attached hydrogen (secondary N) is 1. The molecule has 2 aromatic rings. The monoisotopic (exact) mass is 301 g/mol. The van der Waals surface area contributed by atoms with E-state index < -0.39 is 16.6 Å². The number of non-ortho nitro benzene ring substituents is 1. The Kier molecular flexibility index (Phi) is 3.62. The average molecular weight is 301 g/mol. The summed E-state index contributed by atoms with van der Waals surface area (Å²) in [4.78, 5) is 39.3. The van der Waals surface area contributed by atoms with E-state index in [4.69, 9.17) is 0 Å². The van der Waals surface area contributed by atoms with Crippen LogP contribution in [0.3, 0.4) is 0 Å². The number of likely N-dealkylation sites (tertiary alicyclic amines) is 1. The standard InChI is InChI=1S/C15H15N3O4/c19-14(15(20)17-6-2-1-3-7-17)12-9-16-13-8-10(18(21)22)4-5-11(12)13/h4-5,8-9,16H,1-3,6-7H2. The number of ketones is 1. The SMILES string of the molecule is O=C(C(=O)N1CCCCC1)c1c[nH]c2cc([N+](=O)[O-])ccc12. The zero-order chi connectivity index (χ0) is 15.7. The highest BCUT2D eigenvalue weighted by molar-refractivity contribution is 6.44. The van der Waals surface area contributed by atoms with Crippen LogP contribution in [-0.4, -0.2) is 39.6 Å². The largest absolute Gasteiger partial charge is 0.360 e. The number of aromatic nitrogens is 1. The molecule has 1 N–H and O–H groups in total. The van der Waals surface area contributed by atoms with E-state index in [1.807, 2.05) is 0 Å². The van der Waals surface area contributed by atoms with Crippen LogP contribution in [0.15, 0.2) is 24.4 Å². The normalized spacial score (nSPS) is 15.0. The number of nitro groups is 1. The molecular weight excluding hydrogens is 286 g/mol. The molecule has 22 heavy (non-hydrogen) atoms. The van der Waals surface area contributed by atoms with Gasteiger partial charge in [-0.05, 0) is 25.3 Å². The van der Waals surface area contributed by atoms with Gasteiger partial charge in [-0.2, -0.15) is 0 Å². The fourth-order valence-corrected chi connectivity index (χ4v) is 2.77. The van der Waals surface area contributed by atoms with Crippen LogP contribution >= 0.6 is 0 Å². The Morgan fingerprint density at radius 2 is 1.91 bits per heavy atom. The minimum absolute atomic E-state index is 0.0595. The number of fused-ring (bicyclic) bond motifs is 1. The van der Waals surface area contributed by atoms with Gasteiger partial charge in [0.15, 0.2) is 0 Å². The molecule has 0 spiro atoms. The quantitative estimate of drug-likeness (QED) is 0.407. The summed E-state index contributed by atoms with van der Waals surface area (Å²) in [7, 11) is 0. The molecule has 2 heterocycles. The number of carbonyl (C=O) groups is 2. The summed E-state index contributed by atoms with van der Waals surface area (Å²) in [5.74, 6) is -1.07. The molecule has 114 valence electrons. The Hall–Kier alpha value is -2.70. The maximum Gasteiger partial charge on any atom is 0.295 e. The third-order valence-corrected chi connectivity index (χ3v) is 3.96. The van der Waals surface area contributed by atoms with Crippen LogP contribution < -0.4 is 0 Å². The van der Waals surface area contributed by atoms with Crippen molar-refractivity contribution in [2.45, 2.75) is 19.3 Å². The molecule has 3 rings (SSSR count). The number of Topliss-reactive ketones (excluding diaryl/α,β-unsaturated/α-hetero) is 1. The van der Waals surface area contributed by atoms with E-state index in [9.17, 15) is 19.7 Å². The lowest BCUT2D eigenvalue weighted by Crippen LogP contribution is -2.40. The minimum atomic E-state index is -0.568. The minimum Gasteiger partial charge on any atom is -0.360 e. The second-order valence-electron chi connectivity index (χ2n) is 5.37. The van der Waals surface area contributed by atoms with Crippen molar-refractivity contribution in [1.82, 2.24) is 9.88 Å². The molecule has 0 aliphatic carbocycles. The van der Waals surface area contributed by atoms with Crippen molar-refractivity contribution in [2.75, 3.05) is 13.1 Å². The number of rotatable bonds is 3. The van der Waals surface area contributed by atoms with Crippen LogP contribution in [0.5, 0.6) is 0 Å². The lowest BCUT2D eigenvalue weighted by molar-refractivity contribution is -0.384. The predicted octanol–water partition coefficient (Wildman–Crippen LogP) is 2.27. The molecule has 1 aliphatic rings. The van der Waals surface area contributed by atoms with Gasteiger partial charge in [0.2, 0.25) is 0 Å². The van der Waals surface area contributed by atoms with E-state index in [0.717, 1.165) is 19.3 Å². The van der Waals surface area contributed by atoms with Crippen LogP contribution in [0.4, 0.5) is 5.69 Å². The zero-order valence-electron chi connectivity index (χ0n) is 11.9. The van der Waals surface area contributed by atoms with Gasteiger partial charge in [0.1, 0.15) is 0 Å². The molecule has 1 amide bonds. The molecule has 0 bridgehead atoms. The topological polar surface area (TPSA) is 96.3 Å². The number of piperidine rings is 1. The molecule has 1 aliphatic heterocycles. The molecule has 1 fully saturated rings. The first kappa shape index (κ1) is 14.2. The first-order valence-electron chi connectivity index (χ1n) is 7.17. The smallest absolute Gasteiger partial charge is 0.295 e. The molecule has 0 unspecified atom stereocenters. The number of nitro benzene ring substituents is 1. The number of H-pyrrole nitrogens is 1. The average Bonchev–Trinajstić information content (AvgIpc) is 2.97. The summed E-state index contributed by atoms with van der Waals surface area (Å²) in [5, 5.41) is 11.3. The van der Waals surface area contributed by atoms with Gasteiger partial charge >= 0.3 is 0 Å². The van der Waals surface area contributed by atoms with Crippen molar-refractivity contribution < 1.29 is 14.5 Å². The van der Waals surface area contributed by atoms with Gasteiger partial charge in [-0.15, -0.1) is 0 Å². The van der Waals surface area contributed by atoms with Crippen molar-refractivity contribution in [3.05, 3.63) is 40.1 Å². The second kappa shape index (κ2) is 5.59. The van der Waals surface area contributed by atoms with Crippen LogP contribution in [0.25, 0.3) is 10.9 Å². The number of nitrogens with zero attached hydrogens (tertiary/aromatic N) is 2. The van der Waals surface area contributed by atoms with E-state index in [1.165, 1.54) is 24.4 Å². The molecule has 7 nitrogen and oxygen atoms in total. The van der Waals surface area contributed by atoms with Gasteiger partial charge in [-0.25, -0.2) is 0 Å². The second-order valence-corrected chi connectivity index (χ2v) is 5.37. The van der Waals surface area contributed by atoms with Crippen LogP contribution in [-0.2, 0) is 4.79 Å². The van der Waals surface area contributed by atoms with Gasteiger partial charge in [0.25, 0.3) is 17.4 Å². The summed E-state index contributed by atoms with van der Waals surface area (Å²) < 4.78 is 0. The lowest BCUT2D eigenvalue weighted by Gasteiger charge is -2.25. The van der Waals surface area contributed by atoms with E-state index in [-0.39, 0.29) is 11.3 Å². The number of benzene rings is 1. The van der Waals surface area contributed by atoms with Gasteiger partial charge in [0, 0.05) is 36.8 Å². The summed E-state index contributed by atoms with van der Waals surface area (Å²) in [5.41, 5.74) is 0.681. The molecule has 7 heteroatoms. The Bertz CT molecular complexity index is 759. The Labute approximate surface area is 126 Å². The van der Waals surface area contributed by atoms with E-state index >= 15 is 0 Å². The molecule has 0 radical (unpaired) electrons. The highest BCUT2D eigenvalue weighted by Gasteiger charge is 2.26. The third-order valence-electron chi connectivity index (χ3n) is 3.96. The number of aromatic amines is 1. The van der Waals surface area contributed by atoms with Crippen molar-refractivity contribution in [3.8, 4) is 0 Å². The summed E-state index contributed by atoms with van der Waals surface area (Å²) in [6.07, 6.45) is 4.35. The highest BCUT2D eigenvalue weighted by atomic mass is 16.6. The predicted molar refractivity (Wildman–Crippen MR) is 79.7 cm³/mol. The maximum atomic E-state index is 12.4. The van der Waals surface area contributed by atoms with E-state index in [1.54, 1.807) is 4.90 Å². The molecule has 1 saturated heterocycles. The summed E-state index contributed by atoms with van der Waals surface area (Å²) in [6.45, 7) is 1.22. The number of hydrogen-bond donors (Lipinski definition) is 1. The molecule has 1 aromatic carbocycles. The van der Waals surface area contributed by atoms with E-state index in [0.29, 0.717) is 24.0 Å². The van der Waals surface area contributed by atoms with Crippen LogP contribution in [0.2, 0.25) is 0 Å². The zero-order valence-corrected chi connectivity index (χ0v) is 11.9. The lowest BCUT2D eigenvalue weighted by atomic mass is 10.1. The molecule has 0 atom stereocenters.